The minimum absolute atomic E-state index is 0.272. The molecule has 1 fully saturated rings. The van der Waals surface area contributed by atoms with Gasteiger partial charge in [0.25, 0.3) is 0 Å². The first-order valence-corrected chi connectivity index (χ1v) is 7.83. The lowest BCUT2D eigenvalue weighted by Crippen LogP contribution is -2.15. The number of rotatable bonds is 7. The quantitative estimate of drug-likeness (QED) is 0.599. The second-order valence-corrected chi connectivity index (χ2v) is 6.34. The summed E-state index contributed by atoms with van der Waals surface area (Å²) in [5.41, 5.74) is 1.33. The van der Waals surface area contributed by atoms with E-state index < -0.39 is 0 Å². The summed E-state index contributed by atoms with van der Waals surface area (Å²) in [5.74, 6) is 0.967. The number of aliphatic hydroxyl groups is 1. The zero-order valence-corrected chi connectivity index (χ0v) is 12.2. The zero-order valence-electron chi connectivity index (χ0n) is 9.79. The normalized spacial score (nSPS) is 15.2. The fourth-order valence-corrected chi connectivity index (χ4v) is 3.19. The van der Waals surface area contributed by atoms with E-state index in [0.717, 1.165) is 29.2 Å². The molecule has 0 amide bonds. The van der Waals surface area contributed by atoms with Gasteiger partial charge in [-0.15, -0.1) is 11.8 Å². The number of benzene rings is 1. The fraction of sp³-hybridized carbons (Fsp3) is 0.538. The van der Waals surface area contributed by atoms with Crippen LogP contribution in [0.2, 0.25) is 0 Å². The molecule has 0 aromatic heterocycles. The number of nitrogens with one attached hydrogen (secondary N) is 1. The summed E-state index contributed by atoms with van der Waals surface area (Å²) in [7, 11) is 0. The third-order valence-corrected chi connectivity index (χ3v) is 4.81. The second-order valence-electron chi connectivity index (χ2n) is 4.35. The summed E-state index contributed by atoms with van der Waals surface area (Å²) in [5, 5.41) is 12.3. The first-order valence-electron chi connectivity index (χ1n) is 6.05. The summed E-state index contributed by atoms with van der Waals surface area (Å²) in [4.78, 5) is 1.26. The summed E-state index contributed by atoms with van der Waals surface area (Å²) in [6, 6.07) is 7.29. The monoisotopic (exact) mass is 315 g/mol. The summed E-state index contributed by atoms with van der Waals surface area (Å²) < 4.78 is 1.16. The molecule has 1 saturated carbocycles. The molecule has 1 aliphatic rings. The third kappa shape index (κ3) is 4.62. The van der Waals surface area contributed by atoms with Gasteiger partial charge in [-0.1, -0.05) is 6.07 Å². The van der Waals surface area contributed by atoms with E-state index in [2.05, 4.69) is 39.4 Å². The Hall–Kier alpha value is -0.0300. The standard InChI is InChI=1S/C13H18BrNOS/c14-12-8-10(9-15-11-3-4-11)2-5-13(12)17-7-1-6-16/h2,5,8,11,15-16H,1,3-4,6-7,9H2. The van der Waals surface area contributed by atoms with Crippen molar-refractivity contribution in [2.24, 2.45) is 0 Å². The summed E-state index contributed by atoms with van der Waals surface area (Å²) in [6.45, 7) is 1.23. The average Bonchev–Trinajstić information content (AvgIpc) is 3.13. The molecular formula is C13H18BrNOS. The molecule has 2 nitrogen and oxygen atoms in total. The van der Waals surface area contributed by atoms with Crippen molar-refractivity contribution in [3.05, 3.63) is 28.2 Å². The molecule has 0 heterocycles. The van der Waals surface area contributed by atoms with Gasteiger partial charge in [-0.3, -0.25) is 0 Å². The van der Waals surface area contributed by atoms with E-state index >= 15 is 0 Å². The van der Waals surface area contributed by atoms with Crippen LogP contribution in [0.1, 0.15) is 24.8 Å². The minimum atomic E-state index is 0.272. The number of hydrogen-bond donors (Lipinski definition) is 2. The number of hydrogen-bond acceptors (Lipinski definition) is 3. The van der Waals surface area contributed by atoms with E-state index in [-0.39, 0.29) is 6.61 Å². The zero-order chi connectivity index (χ0) is 12.1. The van der Waals surface area contributed by atoms with E-state index in [1.54, 1.807) is 11.8 Å². The van der Waals surface area contributed by atoms with Gasteiger partial charge < -0.3 is 10.4 Å². The van der Waals surface area contributed by atoms with Crippen molar-refractivity contribution in [2.75, 3.05) is 12.4 Å². The Labute approximate surface area is 115 Å². The van der Waals surface area contributed by atoms with Gasteiger partial charge in [-0.25, -0.2) is 0 Å². The van der Waals surface area contributed by atoms with Crippen molar-refractivity contribution in [1.29, 1.82) is 0 Å². The highest BCUT2D eigenvalue weighted by atomic mass is 79.9. The van der Waals surface area contributed by atoms with Crippen LogP contribution < -0.4 is 5.32 Å². The average molecular weight is 316 g/mol. The van der Waals surface area contributed by atoms with Crippen LogP contribution in [-0.4, -0.2) is 23.5 Å². The summed E-state index contributed by atoms with van der Waals surface area (Å²) in [6.07, 6.45) is 3.51. The van der Waals surface area contributed by atoms with Crippen LogP contribution in [0.15, 0.2) is 27.6 Å². The van der Waals surface area contributed by atoms with E-state index in [9.17, 15) is 0 Å². The molecule has 1 aromatic rings. The Morgan fingerprint density at radius 3 is 2.88 bits per heavy atom. The van der Waals surface area contributed by atoms with Gasteiger partial charge >= 0.3 is 0 Å². The van der Waals surface area contributed by atoms with Crippen molar-refractivity contribution in [3.8, 4) is 0 Å². The van der Waals surface area contributed by atoms with Gasteiger partial charge in [-0.05, 0) is 52.9 Å². The van der Waals surface area contributed by atoms with E-state index in [0.29, 0.717) is 0 Å². The van der Waals surface area contributed by atoms with Crippen LogP contribution in [0, 0.1) is 0 Å². The topological polar surface area (TPSA) is 32.3 Å². The molecule has 94 valence electrons. The molecule has 0 spiro atoms. The van der Waals surface area contributed by atoms with Gasteiger partial charge in [0.2, 0.25) is 0 Å². The summed E-state index contributed by atoms with van der Waals surface area (Å²) >= 11 is 5.40. The Kier molecular flexibility index (Phi) is 5.35. The number of halogens is 1. The van der Waals surface area contributed by atoms with Crippen molar-refractivity contribution in [1.82, 2.24) is 5.32 Å². The largest absolute Gasteiger partial charge is 0.396 e. The molecule has 2 rings (SSSR count). The lowest BCUT2D eigenvalue weighted by atomic mass is 10.2. The predicted octanol–water partition coefficient (Wildman–Crippen LogP) is 3.18. The van der Waals surface area contributed by atoms with Gasteiger partial charge in [0, 0.05) is 34.3 Å². The highest BCUT2D eigenvalue weighted by molar-refractivity contribution is 9.10. The van der Waals surface area contributed by atoms with Gasteiger partial charge in [0.15, 0.2) is 0 Å². The van der Waals surface area contributed by atoms with Crippen LogP contribution >= 0.6 is 27.7 Å². The van der Waals surface area contributed by atoms with E-state index in [1.165, 1.54) is 23.3 Å². The van der Waals surface area contributed by atoms with E-state index in [4.69, 9.17) is 5.11 Å². The smallest absolute Gasteiger partial charge is 0.0439 e. The number of aliphatic hydroxyl groups excluding tert-OH is 1. The van der Waals surface area contributed by atoms with Crippen molar-refractivity contribution in [2.45, 2.75) is 36.7 Å². The van der Waals surface area contributed by atoms with E-state index in [1.807, 2.05) is 0 Å². The van der Waals surface area contributed by atoms with Crippen molar-refractivity contribution in [3.63, 3.8) is 0 Å². The van der Waals surface area contributed by atoms with Crippen LogP contribution in [-0.2, 0) is 6.54 Å². The molecule has 4 heteroatoms. The number of thioether (sulfide) groups is 1. The molecule has 1 aromatic carbocycles. The molecule has 0 radical (unpaired) electrons. The second kappa shape index (κ2) is 6.78. The minimum Gasteiger partial charge on any atom is -0.396 e. The first kappa shape index (κ1) is 13.4. The fourth-order valence-electron chi connectivity index (χ4n) is 1.57. The highest BCUT2D eigenvalue weighted by Gasteiger charge is 2.19. The Bertz CT molecular complexity index is 368. The Morgan fingerprint density at radius 2 is 2.24 bits per heavy atom. The lowest BCUT2D eigenvalue weighted by Gasteiger charge is -2.07. The van der Waals surface area contributed by atoms with Gasteiger partial charge in [0.1, 0.15) is 0 Å². The molecule has 2 N–H and O–H groups in total. The lowest BCUT2D eigenvalue weighted by molar-refractivity contribution is 0.296. The van der Waals surface area contributed by atoms with Gasteiger partial charge in [0.05, 0.1) is 0 Å². The molecule has 0 saturated heterocycles. The molecule has 0 aliphatic heterocycles. The SMILES string of the molecule is OCCCSc1ccc(CNC2CC2)cc1Br. The van der Waals surface area contributed by atoms with Crippen LogP contribution in [0.3, 0.4) is 0 Å². The third-order valence-electron chi connectivity index (χ3n) is 2.73. The Morgan fingerprint density at radius 1 is 1.41 bits per heavy atom. The van der Waals surface area contributed by atoms with Crippen molar-refractivity contribution < 1.29 is 5.11 Å². The Balaban J connectivity index is 1.85. The molecule has 0 unspecified atom stereocenters. The van der Waals surface area contributed by atoms with Crippen molar-refractivity contribution >= 4 is 27.7 Å². The highest BCUT2D eigenvalue weighted by Crippen LogP contribution is 2.29. The molecular weight excluding hydrogens is 298 g/mol. The van der Waals surface area contributed by atoms with Crippen LogP contribution in [0.4, 0.5) is 0 Å². The predicted molar refractivity (Wildman–Crippen MR) is 76.4 cm³/mol. The molecule has 17 heavy (non-hydrogen) atoms. The first-order chi connectivity index (χ1) is 8.29. The van der Waals surface area contributed by atoms with Crippen LogP contribution in [0.5, 0.6) is 0 Å². The maximum Gasteiger partial charge on any atom is 0.0439 e. The maximum atomic E-state index is 8.75. The van der Waals surface area contributed by atoms with Gasteiger partial charge in [-0.2, -0.15) is 0 Å². The van der Waals surface area contributed by atoms with Crippen LogP contribution in [0.25, 0.3) is 0 Å². The molecule has 0 bridgehead atoms. The molecule has 0 atom stereocenters. The maximum absolute atomic E-state index is 8.75. The molecule has 1 aliphatic carbocycles.